The Morgan fingerprint density at radius 2 is 2.00 bits per heavy atom. The second-order valence-corrected chi connectivity index (χ2v) is 6.05. The standard InChI is InChI=1S/C12H27N3S/c1-14(2)8-4-6-13-7-9-15(3)12-5-10-16-11-12/h12-13H,4-11H2,1-3H3. The highest BCUT2D eigenvalue weighted by molar-refractivity contribution is 7.99. The summed E-state index contributed by atoms with van der Waals surface area (Å²) in [6.07, 6.45) is 2.62. The van der Waals surface area contributed by atoms with Crippen LogP contribution in [0, 0.1) is 0 Å². The van der Waals surface area contributed by atoms with Gasteiger partial charge in [0, 0.05) is 24.9 Å². The molecule has 1 N–H and O–H groups in total. The number of hydrogen-bond donors (Lipinski definition) is 1. The average molecular weight is 245 g/mol. The third-order valence-electron chi connectivity index (χ3n) is 3.13. The predicted molar refractivity (Wildman–Crippen MR) is 74.4 cm³/mol. The Bertz CT molecular complexity index is 170. The minimum Gasteiger partial charge on any atom is -0.315 e. The van der Waals surface area contributed by atoms with Crippen LogP contribution in [-0.2, 0) is 0 Å². The maximum Gasteiger partial charge on any atom is 0.0191 e. The lowest BCUT2D eigenvalue weighted by atomic mass is 10.2. The Labute approximate surface area is 105 Å². The number of likely N-dealkylation sites (N-methyl/N-ethyl adjacent to an activating group) is 1. The summed E-state index contributed by atoms with van der Waals surface area (Å²) >= 11 is 2.09. The highest BCUT2D eigenvalue weighted by atomic mass is 32.2. The quantitative estimate of drug-likeness (QED) is 0.642. The van der Waals surface area contributed by atoms with Crippen LogP contribution in [0.3, 0.4) is 0 Å². The molecule has 0 radical (unpaired) electrons. The molecule has 1 aliphatic rings. The molecule has 0 aromatic rings. The van der Waals surface area contributed by atoms with Gasteiger partial charge in [-0.15, -0.1) is 0 Å². The molecule has 1 heterocycles. The van der Waals surface area contributed by atoms with Crippen molar-refractivity contribution in [3.05, 3.63) is 0 Å². The normalized spacial score (nSPS) is 21.2. The summed E-state index contributed by atoms with van der Waals surface area (Å²) in [5, 5.41) is 3.52. The van der Waals surface area contributed by atoms with Crippen LogP contribution in [0.1, 0.15) is 12.8 Å². The highest BCUT2D eigenvalue weighted by Gasteiger charge is 2.18. The smallest absolute Gasteiger partial charge is 0.0191 e. The molecule has 0 saturated carbocycles. The molecule has 1 unspecified atom stereocenters. The predicted octanol–water partition coefficient (Wildman–Crippen LogP) is 0.965. The van der Waals surface area contributed by atoms with E-state index in [1.807, 2.05) is 0 Å². The average Bonchev–Trinajstić information content (AvgIpc) is 2.75. The van der Waals surface area contributed by atoms with Gasteiger partial charge < -0.3 is 15.1 Å². The molecule has 4 heteroatoms. The molecule has 0 amide bonds. The number of nitrogens with one attached hydrogen (secondary N) is 1. The van der Waals surface area contributed by atoms with Gasteiger partial charge in [-0.2, -0.15) is 11.8 Å². The fourth-order valence-corrected chi connectivity index (χ4v) is 3.25. The third-order valence-corrected chi connectivity index (χ3v) is 4.27. The zero-order chi connectivity index (χ0) is 11.8. The third kappa shape index (κ3) is 6.09. The fourth-order valence-electron chi connectivity index (χ4n) is 1.95. The van der Waals surface area contributed by atoms with Crippen LogP contribution in [0.25, 0.3) is 0 Å². The Kier molecular flexibility index (Phi) is 7.45. The zero-order valence-corrected chi connectivity index (χ0v) is 11.9. The Balaban J connectivity index is 1.90. The summed E-state index contributed by atoms with van der Waals surface area (Å²) in [6, 6.07) is 0.827. The van der Waals surface area contributed by atoms with Crippen LogP contribution in [0.5, 0.6) is 0 Å². The molecule has 1 rings (SSSR count). The van der Waals surface area contributed by atoms with E-state index in [0.29, 0.717) is 0 Å². The van der Waals surface area contributed by atoms with Crippen molar-refractivity contribution in [1.82, 2.24) is 15.1 Å². The van der Waals surface area contributed by atoms with E-state index in [2.05, 4.69) is 48.0 Å². The molecule has 0 aromatic carbocycles. The minimum atomic E-state index is 0.827. The first-order chi connectivity index (χ1) is 7.70. The molecular formula is C12H27N3S. The van der Waals surface area contributed by atoms with Crippen molar-refractivity contribution in [2.45, 2.75) is 18.9 Å². The molecule has 1 fully saturated rings. The largest absolute Gasteiger partial charge is 0.315 e. The molecule has 0 spiro atoms. The first-order valence-corrected chi connectivity index (χ1v) is 7.49. The zero-order valence-electron chi connectivity index (χ0n) is 11.0. The number of rotatable bonds is 8. The van der Waals surface area contributed by atoms with Gasteiger partial charge in [0.05, 0.1) is 0 Å². The van der Waals surface area contributed by atoms with Crippen LogP contribution in [0.2, 0.25) is 0 Å². The van der Waals surface area contributed by atoms with Crippen molar-refractivity contribution in [3.8, 4) is 0 Å². The van der Waals surface area contributed by atoms with Crippen molar-refractivity contribution < 1.29 is 0 Å². The molecule has 96 valence electrons. The van der Waals surface area contributed by atoms with E-state index in [9.17, 15) is 0 Å². The lowest BCUT2D eigenvalue weighted by Gasteiger charge is -2.23. The van der Waals surface area contributed by atoms with Crippen LogP contribution < -0.4 is 5.32 Å². The Morgan fingerprint density at radius 3 is 2.62 bits per heavy atom. The molecule has 16 heavy (non-hydrogen) atoms. The van der Waals surface area contributed by atoms with E-state index in [0.717, 1.165) is 19.1 Å². The lowest BCUT2D eigenvalue weighted by molar-refractivity contribution is 0.261. The van der Waals surface area contributed by atoms with E-state index in [1.54, 1.807) is 0 Å². The first-order valence-electron chi connectivity index (χ1n) is 6.33. The fraction of sp³-hybridized carbons (Fsp3) is 1.00. The molecule has 3 nitrogen and oxygen atoms in total. The molecule has 1 saturated heterocycles. The number of hydrogen-bond acceptors (Lipinski definition) is 4. The second kappa shape index (κ2) is 8.34. The van der Waals surface area contributed by atoms with Gasteiger partial charge in [-0.25, -0.2) is 0 Å². The summed E-state index contributed by atoms with van der Waals surface area (Å²) in [4.78, 5) is 4.75. The SMILES string of the molecule is CN(C)CCCNCCN(C)C1CCSC1. The maximum absolute atomic E-state index is 3.52. The lowest BCUT2D eigenvalue weighted by Crippen LogP contribution is -2.37. The van der Waals surface area contributed by atoms with Gasteiger partial charge in [0.1, 0.15) is 0 Å². The summed E-state index contributed by atoms with van der Waals surface area (Å²) in [5.41, 5.74) is 0. The Hall–Kier alpha value is 0.230. The highest BCUT2D eigenvalue weighted by Crippen LogP contribution is 2.20. The van der Waals surface area contributed by atoms with Crippen LogP contribution in [0.4, 0.5) is 0 Å². The van der Waals surface area contributed by atoms with Crippen molar-refractivity contribution in [2.24, 2.45) is 0 Å². The molecule has 1 aliphatic heterocycles. The minimum absolute atomic E-state index is 0.827. The van der Waals surface area contributed by atoms with E-state index in [-0.39, 0.29) is 0 Å². The summed E-state index contributed by atoms with van der Waals surface area (Å²) in [7, 11) is 6.52. The van der Waals surface area contributed by atoms with Crippen LogP contribution in [-0.4, -0.2) is 74.7 Å². The van der Waals surface area contributed by atoms with Crippen LogP contribution >= 0.6 is 11.8 Å². The van der Waals surface area contributed by atoms with Crippen molar-refractivity contribution in [1.29, 1.82) is 0 Å². The first kappa shape index (κ1) is 14.3. The number of thioether (sulfide) groups is 1. The molecule has 0 aliphatic carbocycles. The molecule has 1 atom stereocenters. The van der Waals surface area contributed by atoms with Gasteiger partial charge in [0.15, 0.2) is 0 Å². The number of nitrogens with zero attached hydrogens (tertiary/aromatic N) is 2. The van der Waals surface area contributed by atoms with E-state index in [1.165, 1.54) is 37.4 Å². The van der Waals surface area contributed by atoms with Gasteiger partial charge >= 0.3 is 0 Å². The summed E-state index contributed by atoms with van der Waals surface area (Å²) in [5.74, 6) is 2.68. The van der Waals surface area contributed by atoms with E-state index < -0.39 is 0 Å². The maximum atomic E-state index is 3.52. The Morgan fingerprint density at radius 1 is 1.19 bits per heavy atom. The summed E-state index contributed by atoms with van der Waals surface area (Å²) < 4.78 is 0. The van der Waals surface area contributed by atoms with Gasteiger partial charge in [0.2, 0.25) is 0 Å². The molecule has 0 bridgehead atoms. The van der Waals surface area contributed by atoms with Crippen LogP contribution in [0.15, 0.2) is 0 Å². The topological polar surface area (TPSA) is 18.5 Å². The molecule has 0 aromatic heterocycles. The van der Waals surface area contributed by atoms with Crippen molar-refractivity contribution in [2.75, 3.05) is 58.8 Å². The van der Waals surface area contributed by atoms with Gasteiger partial charge in [-0.05, 0) is 52.8 Å². The second-order valence-electron chi connectivity index (χ2n) is 4.90. The monoisotopic (exact) mass is 245 g/mol. The van der Waals surface area contributed by atoms with Crippen molar-refractivity contribution in [3.63, 3.8) is 0 Å². The summed E-state index contributed by atoms with van der Waals surface area (Å²) in [6.45, 7) is 4.64. The van der Waals surface area contributed by atoms with Crippen molar-refractivity contribution >= 4 is 11.8 Å². The van der Waals surface area contributed by atoms with Gasteiger partial charge in [-0.1, -0.05) is 0 Å². The molecular weight excluding hydrogens is 218 g/mol. The van der Waals surface area contributed by atoms with E-state index in [4.69, 9.17) is 0 Å². The van der Waals surface area contributed by atoms with Gasteiger partial charge in [-0.3, -0.25) is 0 Å². The van der Waals surface area contributed by atoms with E-state index >= 15 is 0 Å². The van der Waals surface area contributed by atoms with Gasteiger partial charge in [0.25, 0.3) is 0 Å².